The van der Waals surface area contributed by atoms with Crippen LogP contribution in [0.4, 0.5) is 0 Å². The molecule has 124 valence electrons. The lowest BCUT2D eigenvalue weighted by Crippen LogP contribution is -2.36. The summed E-state index contributed by atoms with van der Waals surface area (Å²) in [4.78, 5) is 22.4. The highest BCUT2D eigenvalue weighted by Gasteiger charge is 2.34. The van der Waals surface area contributed by atoms with Crippen LogP contribution >= 0.6 is 0 Å². The maximum Gasteiger partial charge on any atom is 0.322 e. The van der Waals surface area contributed by atoms with E-state index in [9.17, 15) is 9.59 Å². The summed E-state index contributed by atoms with van der Waals surface area (Å²) in [7, 11) is 0. The molecule has 0 saturated carbocycles. The highest BCUT2D eigenvalue weighted by Crippen LogP contribution is 2.41. The van der Waals surface area contributed by atoms with Crippen LogP contribution in [0.15, 0.2) is 0 Å². The number of carbonyl (C=O) groups excluding carboxylic acids is 2. The van der Waals surface area contributed by atoms with Gasteiger partial charge >= 0.3 is 5.97 Å². The molecular weight excluding hydrogens is 268 g/mol. The summed E-state index contributed by atoms with van der Waals surface area (Å²) < 4.78 is 5.24. The van der Waals surface area contributed by atoms with Gasteiger partial charge in [0, 0.05) is 6.42 Å². The van der Waals surface area contributed by atoms with Gasteiger partial charge in [-0.1, -0.05) is 41.5 Å². The molecular formula is C16H32N2O3. The summed E-state index contributed by atoms with van der Waals surface area (Å²) in [6.45, 7) is 13.5. The number of amides is 1. The minimum atomic E-state index is -0.778. The number of hydrogen-bond donors (Lipinski definition) is 2. The lowest BCUT2D eigenvalue weighted by molar-refractivity contribution is -0.146. The fraction of sp³-hybridized carbons (Fsp3) is 0.875. The van der Waals surface area contributed by atoms with Gasteiger partial charge in [0.2, 0.25) is 5.91 Å². The molecule has 0 aromatic heterocycles. The van der Waals surface area contributed by atoms with Crippen LogP contribution < -0.4 is 11.5 Å². The van der Waals surface area contributed by atoms with Crippen LogP contribution in [0, 0.1) is 16.7 Å². The van der Waals surface area contributed by atoms with Gasteiger partial charge in [0.1, 0.15) is 6.04 Å². The summed E-state index contributed by atoms with van der Waals surface area (Å²) in [5.41, 5.74) is 11.0. The molecule has 0 heterocycles. The molecule has 1 amide bonds. The van der Waals surface area contributed by atoms with E-state index in [1.165, 1.54) is 0 Å². The standard InChI is InChI=1S/C16H32N2O3/c1-15(2,3)12(16(4,5)6)9-10-21-14(20)11(17)7-8-13(18)19/h11-12H,7-10,17H2,1-6H3,(H2,18,19). The Hall–Kier alpha value is -1.10. The predicted octanol–water partition coefficient (Wildman–Crippen LogP) is 2.22. The van der Waals surface area contributed by atoms with Gasteiger partial charge < -0.3 is 16.2 Å². The Labute approximate surface area is 128 Å². The second-order valence-corrected chi connectivity index (χ2v) is 7.85. The van der Waals surface area contributed by atoms with E-state index in [4.69, 9.17) is 16.2 Å². The van der Waals surface area contributed by atoms with Crippen molar-refractivity contribution in [2.45, 2.75) is 66.8 Å². The summed E-state index contributed by atoms with van der Waals surface area (Å²) >= 11 is 0. The average Bonchev–Trinajstić information content (AvgIpc) is 2.27. The number of carbonyl (C=O) groups is 2. The molecule has 5 heteroatoms. The molecule has 0 aliphatic carbocycles. The van der Waals surface area contributed by atoms with Gasteiger partial charge in [0.25, 0.3) is 0 Å². The average molecular weight is 300 g/mol. The smallest absolute Gasteiger partial charge is 0.322 e. The maximum atomic E-state index is 11.7. The lowest BCUT2D eigenvalue weighted by atomic mass is 9.65. The number of primary amides is 1. The summed E-state index contributed by atoms with van der Waals surface area (Å²) in [5, 5.41) is 0. The van der Waals surface area contributed by atoms with E-state index in [1.54, 1.807) is 0 Å². The van der Waals surface area contributed by atoms with E-state index in [0.717, 1.165) is 6.42 Å². The van der Waals surface area contributed by atoms with Gasteiger partial charge in [-0.25, -0.2) is 0 Å². The van der Waals surface area contributed by atoms with E-state index in [2.05, 4.69) is 41.5 Å². The van der Waals surface area contributed by atoms with Gasteiger partial charge in [-0.3, -0.25) is 9.59 Å². The summed E-state index contributed by atoms with van der Waals surface area (Å²) in [6.07, 6.45) is 1.13. The van der Waals surface area contributed by atoms with Crippen molar-refractivity contribution in [2.24, 2.45) is 28.2 Å². The molecule has 0 saturated heterocycles. The minimum Gasteiger partial charge on any atom is -0.465 e. The first-order valence-corrected chi connectivity index (χ1v) is 7.56. The molecule has 0 aromatic rings. The molecule has 0 fully saturated rings. The highest BCUT2D eigenvalue weighted by atomic mass is 16.5. The van der Waals surface area contributed by atoms with Crippen molar-refractivity contribution >= 4 is 11.9 Å². The summed E-state index contributed by atoms with van der Waals surface area (Å²) in [5.74, 6) is -0.503. The van der Waals surface area contributed by atoms with Crippen molar-refractivity contribution in [3.63, 3.8) is 0 Å². The molecule has 0 aliphatic heterocycles. The first-order chi connectivity index (χ1) is 9.35. The Morgan fingerprint density at radius 2 is 1.48 bits per heavy atom. The predicted molar refractivity (Wildman–Crippen MR) is 84.4 cm³/mol. The van der Waals surface area contributed by atoms with Gasteiger partial charge in [-0.15, -0.1) is 0 Å². The fourth-order valence-electron chi connectivity index (χ4n) is 2.97. The molecule has 1 atom stereocenters. The monoisotopic (exact) mass is 300 g/mol. The van der Waals surface area contributed by atoms with E-state index in [0.29, 0.717) is 12.5 Å². The second kappa shape index (κ2) is 7.78. The van der Waals surface area contributed by atoms with Gasteiger partial charge in [0.05, 0.1) is 6.61 Å². The van der Waals surface area contributed by atoms with Gasteiger partial charge in [-0.05, 0) is 29.6 Å². The number of hydrogen-bond acceptors (Lipinski definition) is 4. The van der Waals surface area contributed by atoms with Crippen LogP contribution in [-0.2, 0) is 14.3 Å². The van der Waals surface area contributed by atoms with Crippen LogP contribution in [0.5, 0.6) is 0 Å². The van der Waals surface area contributed by atoms with Crippen LogP contribution in [0.2, 0.25) is 0 Å². The molecule has 1 unspecified atom stereocenters. The van der Waals surface area contributed by atoms with Crippen molar-refractivity contribution in [1.29, 1.82) is 0 Å². The van der Waals surface area contributed by atoms with Crippen LogP contribution in [0.1, 0.15) is 60.8 Å². The Bertz CT molecular complexity index is 340. The third kappa shape index (κ3) is 8.05. The first-order valence-electron chi connectivity index (χ1n) is 7.56. The molecule has 0 aromatic carbocycles. The lowest BCUT2D eigenvalue weighted by Gasteiger charge is -2.40. The Kier molecular flexibility index (Phi) is 7.37. The van der Waals surface area contributed by atoms with E-state index in [-0.39, 0.29) is 23.7 Å². The van der Waals surface area contributed by atoms with Gasteiger partial charge in [-0.2, -0.15) is 0 Å². The fourth-order valence-corrected chi connectivity index (χ4v) is 2.97. The maximum absolute atomic E-state index is 11.7. The SMILES string of the molecule is CC(C)(C)C(CCOC(=O)C(N)CCC(N)=O)C(C)(C)C. The van der Waals surface area contributed by atoms with E-state index < -0.39 is 17.9 Å². The van der Waals surface area contributed by atoms with Crippen molar-refractivity contribution < 1.29 is 14.3 Å². The number of nitrogens with two attached hydrogens (primary N) is 2. The number of ether oxygens (including phenoxy) is 1. The second-order valence-electron chi connectivity index (χ2n) is 7.85. The Morgan fingerprint density at radius 3 is 1.86 bits per heavy atom. The molecule has 0 spiro atoms. The first kappa shape index (κ1) is 19.9. The van der Waals surface area contributed by atoms with Crippen LogP contribution in [0.25, 0.3) is 0 Å². The topological polar surface area (TPSA) is 95.4 Å². The molecule has 0 bridgehead atoms. The normalized spacial score (nSPS) is 14.1. The van der Waals surface area contributed by atoms with Crippen LogP contribution in [-0.4, -0.2) is 24.5 Å². The number of esters is 1. The minimum absolute atomic E-state index is 0.100. The van der Waals surface area contributed by atoms with E-state index in [1.807, 2.05) is 0 Å². The van der Waals surface area contributed by atoms with Crippen molar-refractivity contribution in [1.82, 2.24) is 0 Å². The van der Waals surface area contributed by atoms with E-state index >= 15 is 0 Å². The zero-order valence-corrected chi connectivity index (χ0v) is 14.4. The quantitative estimate of drug-likeness (QED) is 0.705. The summed E-state index contributed by atoms with van der Waals surface area (Å²) in [6, 6.07) is -0.778. The number of rotatable bonds is 7. The molecule has 5 nitrogen and oxygen atoms in total. The van der Waals surface area contributed by atoms with Crippen molar-refractivity contribution in [2.75, 3.05) is 6.61 Å². The highest BCUT2D eigenvalue weighted by molar-refractivity contribution is 5.78. The Morgan fingerprint density at radius 1 is 1.00 bits per heavy atom. The molecule has 0 rings (SSSR count). The molecule has 0 radical (unpaired) electrons. The third-order valence-electron chi connectivity index (χ3n) is 3.75. The Balaban J connectivity index is 4.33. The molecule has 4 N–H and O–H groups in total. The zero-order valence-electron chi connectivity index (χ0n) is 14.4. The van der Waals surface area contributed by atoms with Crippen molar-refractivity contribution in [3.8, 4) is 0 Å². The van der Waals surface area contributed by atoms with Crippen LogP contribution in [0.3, 0.4) is 0 Å². The van der Waals surface area contributed by atoms with Crippen molar-refractivity contribution in [3.05, 3.63) is 0 Å². The third-order valence-corrected chi connectivity index (χ3v) is 3.75. The van der Waals surface area contributed by atoms with Gasteiger partial charge in [0.15, 0.2) is 0 Å². The molecule has 0 aliphatic rings. The largest absolute Gasteiger partial charge is 0.465 e. The zero-order chi connectivity index (χ0) is 16.8. The molecule has 21 heavy (non-hydrogen) atoms.